The van der Waals surface area contributed by atoms with E-state index in [4.69, 9.17) is 27.6 Å². The molecule has 0 spiro atoms. The lowest BCUT2D eigenvalue weighted by Crippen LogP contribution is -2.46. The first-order chi connectivity index (χ1) is 12.8. The van der Waals surface area contributed by atoms with Gasteiger partial charge in [0.1, 0.15) is 17.6 Å². The van der Waals surface area contributed by atoms with Gasteiger partial charge in [0.05, 0.1) is 16.6 Å². The van der Waals surface area contributed by atoms with Crippen molar-refractivity contribution in [1.29, 1.82) is 0 Å². The Bertz CT molecular complexity index is 878. The number of hydrogen-bond donors (Lipinski definition) is 1. The van der Waals surface area contributed by atoms with E-state index in [1.165, 1.54) is 0 Å². The maximum Gasteiger partial charge on any atom is 0.256 e. The largest absolute Gasteiger partial charge is 0.466 e. The van der Waals surface area contributed by atoms with Crippen LogP contribution in [0.4, 0.5) is 0 Å². The second-order valence-corrected chi connectivity index (χ2v) is 7.72. The summed E-state index contributed by atoms with van der Waals surface area (Å²) >= 11 is 12.2. The number of aryl methyl sites for hydroxylation is 2. The standard InChI is InChI=1S/C20H22Cl2N2O3/c1-11-9-15(13(3)27-11)12(2)23-19(25)18-5-4-8-24(18)20(26)16-10-14(21)6-7-17(16)22/h6-7,9-10,12,18H,4-5,8H2,1-3H3,(H,23,25)/t12-,18-/m1/s1. The maximum absolute atomic E-state index is 12.9. The highest BCUT2D eigenvalue weighted by Crippen LogP contribution is 2.27. The Balaban J connectivity index is 1.75. The van der Waals surface area contributed by atoms with Crippen LogP contribution in [0.15, 0.2) is 28.7 Å². The van der Waals surface area contributed by atoms with Crippen LogP contribution < -0.4 is 5.32 Å². The molecule has 144 valence electrons. The molecule has 2 heterocycles. The van der Waals surface area contributed by atoms with Crippen LogP contribution in [-0.2, 0) is 4.79 Å². The van der Waals surface area contributed by atoms with Gasteiger partial charge in [-0.2, -0.15) is 0 Å². The molecule has 1 saturated heterocycles. The molecule has 2 atom stereocenters. The first-order valence-corrected chi connectivity index (χ1v) is 9.67. The molecule has 1 fully saturated rings. The summed E-state index contributed by atoms with van der Waals surface area (Å²) in [5.74, 6) is 1.13. The lowest BCUT2D eigenvalue weighted by Gasteiger charge is -2.26. The molecule has 27 heavy (non-hydrogen) atoms. The fraction of sp³-hybridized carbons (Fsp3) is 0.400. The van der Waals surface area contributed by atoms with Gasteiger partial charge in [0.25, 0.3) is 5.91 Å². The molecule has 1 aromatic carbocycles. The number of carbonyl (C=O) groups excluding carboxylic acids is 2. The Hall–Kier alpha value is -1.98. The summed E-state index contributed by atoms with van der Waals surface area (Å²) in [6.45, 7) is 6.16. The summed E-state index contributed by atoms with van der Waals surface area (Å²) in [6.07, 6.45) is 1.38. The van der Waals surface area contributed by atoms with Crippen molar-refractivity contribution in [2.24, 2.45) is 0 Å². The molecule has 2 aromatic rings. The van der Waals surface area contributed by atoms with Gasteiger partial charge < -0.3 is 14.6 Å². The molecule has 7 heteroatoms. The Morgan fingerprint density at radius 2 is 2.00 bits per heavy atom. The smallest absolute Gasteiger partial charge is 0.256 e. The first kappa shape index (κ1) is 19.8. The van der Waals surface area contributed by atoms with E-state index in [0.29, 0.717) is 28.6 Å². The fourth-order valence-corrected chi connectivity index (χ4v) is 3.94. The Morgan fingerprint density at radius 3 is 2.67 bits per heavy atom. The van der Waals surface area contributed by atoms with Crippen LogP contribution in [0.1, 0.15) is 53.2 Å². The van der Waals surface area contributed by atoms with Crippen molar-refractivity contribution >= 4 is 35.0 Å². The quantitative estimate of drug-likeness (QED) is 0.797. The van der Waals surface area contributed by atoms with E-state index in [2.05, 4.69) is 5.32 Å². The second-order valence-electron chi connectivity index (χ2n) is 6.88. The molecular formula is C20H22Cl2N2O3. The van der Waals surface area contributed by atoms with Crippen LogP contribution in [0, 0.1) is 13.8 Å². The molecule has 0 unspecified atom stereocenters. The predicted molar refractivity (Wildman–Crippen MR) is 105 cm³/mol. The van der Waals surface area contributed by atoms with Gasteiger partial charge in [-0.1, -0.05) is 23.2 Å². The number of likely N-dealkylation sites (tertiary alicyclic amines) is 1. The summed E-state index contributed by atoms with van der Waals surface area (Å²) in [6, 6.07) is 5.95. The van der Waals surface area contributed by atoms with Crippen LogP contribution >= 0.6 is 23.2 Å². The lowest BCUT2D eigenvalue weighted by molar-refractivity contribution is -0.125. The van der Waals surface area contributed by atoms with Gasteiger partial charge in [-0.25, -0.2) is 0 Å². The third-order valence-electron chi connectivity index (χ3n) is 4.88. The average molecular weight is 409 g/mol. The van der Waals surface area contributed by atoms with Crippen LogP contribution in [-0.4, -0.2) is 29.3 Å². The number of furan rings is 1. The average Bonchev–Trinajstić information content (AvgIpc) is 3.22. The maximum atomic E-state index is 12.9. The SMILES string of the molecule is Cc1cc([C@@H](C)NC(=O)[C@H]2CCCN2C(=O)c2cc(Cl)ccc2Cl)c(C)o1. The van der Waals surface area contributed by atoms with Crippen LogP contribution in [0.2, 0.25) is 10.0 Å². The van der Waals surface area contributed by atoms with E-state index < -0.39 is 6.04 Å². The van der Waals surface area contributed by atoms with Gasteiger partial charge in [-0.15, -0.1) is 0 Å². The van der Waals surface area contributed by atoms with Gasteiger partial charge in [0.2, 0.25) is 5.91 Å². The van der Waals surface area contributed by atoms with Crippen molar-refractivity contribution < 1.29 is 14.0 Å². The number of rotatable bonds is 4. The van der Waals surface area contributed by atoms with Gasteiger partial charge in [0.15, 0.2) is 0 Å². The van der Waals surface area contributed by atoms with E-state index >= 15 is 0 Å². The fourth-order valence-electron chi connectivity index (χ4n) is 3.57. The molecule has 0 saturated carbocycles. The van der Waals surface area contributed by atoms with Crippen LogP contribution in [0.3, 0.4) is 0 Å². The van der Waals surface area contributed by atoms with Gasteiger partial charge in [-0.3, -0.25) is 9.59 Å². The van der Waals surface area contributed by atoms with Crippen molar-refractivity contribution in [3.05, 3.63) is 57.0 Å². The molecule has 0 aliphatic carbocycles. The molecule has 1 aliphatic rings. The number of hydrogen-bond acceptors (Lipinski definition) is 3. The minimum Gasteiger partial charge on any atom is -0.466 e. The summed E-state index contributed by atoms with van der Waals surface area (Å²) in [7, 11) is 0. The van der Waals surface area contributed by atoms with Gasteiger partial charge in [-0.05, 0) is 57.9 Å². The van der Waals surface area contributed by atoms with E-state index in [1.54, 1.807) is 23.1 Å². The Kier molecular flexibility index (Phi) is 5.82. The number of benzene rings is 1. The highest BCUT2D eigenvalue weighted by molar-refractivity contribution is 6.35. The minimum atomic E-state index is -0.525. The molecule has 1 N–H and O–H groups in total. The van der Waals surface area contributed by atoms with Crippen LogP contribution in [0.5, 0.6) is 0 Å². The normalized spacial score (nSPS) is 17.8. The topological polar surface area (TPSA) is 62.6 Å². The summed E-state index contributed by atoms with van der Waals surface area (Å²) in [5, 5.41) is 3.76. The van der Waals surface area contributed by atoms with Gasteiger partial charge >= 0.3 is 0 Å². The minimum absolute atomic E-state index is 0.176. The lowest BCUT2D eigenvalue weighted by atomic mass is 10.1. The summed E-state index contributed by atoms with van der Waals surface area (Å²) in [5.41, 5.74) is 1.26. The number of nitrogens with zero attached hydrogens (tertiary/aromatic N) is 1. The third kappa shape index (κ3) is 4.14. The third-order valence-corrected chi connectivity index (χ3v) is 5.44. The van der Waals surface area contributed by atoms with Crippen molar-refractivity contribution in [2.45, 2.75) is 45.7 Å². The zero-order chi connectivity index (χ0) is 19.7. The first-order valence-electron chi connectivity index (χ1n) is 8.91. The van der Waals surface area contributed by atoms with E-state index in [1.807, 2.05) is 26.8 Å². The van der Waals surface area contributed by atoms with Gasteiger partial charge in [0, 0.05) is 17.1 Å². The van der Waals surface area contributed by atoms with Crippen molar-refractivity contribution in [2.75, 3.05) is 6.54 Å². The molecule has 1 aromatic heterocycles. The molecular weight excluding hydrogens is 387 g/mol. The highest BCUT2D eigenvalue weighted by Gasteiger charge is 2.36. The zero-order valence-corrected chi connectivity index (χ0v) is 17.0. The second kappa shape index (κ2) is 7.95. The summed E-state index contributed by atoms with van der Waals surface area (Å²) < 4.78 is 5.54. The van der Waals surface area contributed by atoms with E-state index in [-0.39, 0.29) is 17.9 Å². The molecule has 3 rings (SSSR count). The summed E-state index contributed by atoms with van der Waals surface area (Å²) in [4.78, 5) is 27.4. The molecule has 5 nitrogen and oxygen atoms in total. The number of nitrogens with one attached hydrogen (secondary N) is 1. The van der Waals surface area contributed by atoms with Crippen molar-refractivity contribution in [3.63, 3.8) is 0 Å². The predicted octanol–water partition coefficient (Wildman–Crippen LogP) is 4.69. The number of carbonyl (C=O) groups is 2. The Labute approximate surface area is 168 Å². The monoisotopic (exact) mass is 408 g/mol. The molecule has 0 radical (unpaired) electrons. The molecule has 0 bridgehead atoms. The molecule has 1 aliphatic heterocycles. The molecule has 2 amide bonds. The number of amides is 2. The highest BCUT2D eigenvalue weighted by atomic mass is 35.5. The van der Waals surface area contributed by atoms with E-state index in [0.717, 1.165) is 23.5 Å². The Morgan fingerprint density at radius 1 is 1.26 bits per heavy atom. The zero-order valence-electron chi connectivity index (χ0n) is 15.5. The van der Waals surface area contributed by atoms with Crippen molar-refractivity contribution in [3.8, 4) is 0 Å². The van der Waals surface area contributed by atoms with Crippen molar-refractivity contribution in [1.82, 2.24) is 10.2 Å². The number of halogens is 2. The van der Waals surface area contributed by atoms with Crippen LogP contribution in [0.25, 0.3) is 0 Å². The van der Waals surface area contributed by atoms with E-state index in [9.17, 15) is 9.59 Å².